The molecule has 1 fully saturated rings. The van der Waals surface area contributed by atoms with Crippen molar-refractivity contribution in [1.29, 1.82) is 0 Å². The summed E-state index contributed by atoms with van der Waals surface area (Å²) in [5.41, 5.74) is 3.40. The lowest BCUT2D eigenvalue weighted by Gasteiger charge is -2.30. The summed E-state index contributed by atoms with van der Waals surface area (Å²) in [4.78, 5) is 4.60. The molecule has 0 amide bonds. The number of methoxy groups -OCH3 is 1. The zero-order valence-electron chi connectivity index (χ0n) is 14.7. The van der Waals surface area contributed by atoms with Gasteiger partial charge in [-0.05, 0) is 50.9 Å². The van der Waals surface area contributed by atoms with Crippen LogP contribution < -0.4 is 15.4 Å². The van der Waals surface area contributed by atoms with Crippen molar-refractivity contribution in [2.24, 2.45) is 5.92 Å². The first kappa shape index (κ1) is 16.9. The molecule has 0 bridgehead atoms. The van der Waals surface area contributed by atoms with Gasteiger partial charge in [0.1, 0.15) is 0 Å². The Bertz CT molecular complexity index is 669. The maximum atomic E-state index is 5.51. The molecule has 3 rings (SSSR count). The lowest BCUT2D eigenvalue weighted by Crippen LogP contribution is -2.38. The van der Waals surface area contributed by atoms with E-state index in [2.05, 4.69) is 50.7 Å². The number of nitrogens with one attached hydrogen (secondary N) is 2. The van der Waals surface area contributed by atoms with E-state index in [0.717, 1.165) is 44.0 Å². The second kappa shape index (κ2) is 7.77. The molecule has 0 aromatic carbocycles. The molecule has 2 N–H and O–H groups in total. The third-order valence-electron chi connectivity index (χ3n) is 4.58. The summed E-state index contributed by atoms with van der Waals surface area (Å²) in [6.45, 7) is 4.84. The Hall–Kier alpha value is -1.92. The third kappa shape index (κ3) is 3.94. The number of pyridine rings is 1. The highest BCUT2D eigenvalue weighted by Gasteiger charge is 2.24. The maximum Gasteiger partial charge on any atom is 0.216 e. The summed E-state index contributed by atoms with van der Waals surface area (Å²) >= 11 is 0. The number of aromatic nitrogens is 3. The van der Waals surface area contributed by atoms with Crippen LogP contribution in [0.1, 0.15) is 29.3 Å². The van der Waals surface area contributed by atoms with Crippen LogP contribution in [-0.2, 0) is 13.0 Å². The molecule has 1 aliphatic rings. The van der Waals surface area contributed by atoms with Crippen LogP contribution in [-0.4, -0.2) is 42.0 Å². The van der Waals surface area contributed by atoms with Gasteiger partial charge in [0.05, 0.1) is 25.0 Å². The number of rotatable bonds is 6. The highest BCUT2D eigenvalue weighted by molar-refractivity contribution is 5.29. The van der Waals surface area contributed by atoms with Crippen LogP contribution in [0.3, 0.4) is 0 Å². The van der Waals surface area contributed by atoms with Crippen molar-refractivity contribution in [3.63, 3.8) is 0 Å². The first-order chi connectivity index (χ1) is 11.7. The Morgan fingerprint density at radius 2 is 2.25 bits per heavy atom. The van der Waals surface area contributed by atoms with Gasteiger partial charge in [-0.1, -0.05) is 6.07 Å². The average molecular weight is 329 g/mol. The summed E-state index contributed by atoms with van der Waals surface area (Å²) < 4.78 is 7.61. The average Bonchev–Trinajstić information content (AvgIpc) is 3.03. The van der Waals surface area contributed by atoms with Gasteiger partial charge in [0.15, 0.2) is 0 Å². The number of aryl methyl sites for hydroxylation is 1. The van der Waals surface area contributed by atoms with Gasteiger partial charge >= 0.3 is 0 Å². The summed E-state index contributed by atoms with van der Waals surface area (Å²) in [5.74, 6) is 1.30. The van der Waals surface area contributed by atoms with Crippen LogP contribution >= 0.6 is 0 Å². The van der Waals surface area contributed by atoms with Crippen LogP contribution in [0.5, 0.6) is 5.88 Å². The second-order valence-corrected chi connectivity index (χ2v) is 6.62. The van der Waals surface area contributed by atoms with E-state index in [1.54, 1.807) is 7.11 Å². The number of nitrogens with zero attached hydrogens (tertiary/aromatic N) is 3. The van der Waals surface area contributed by atoms with Crippen molar-refractivity contribution >= 4 is 0 Å². The highest BCUT2D eigenvalue weighted by Crippen LogP contribution is 2.27. The summed E-state index contributed by atoms with van der Waals surface area (Å²) in [6, 6.07) is 4.65. The van der Waals surface area contributed by atoms with Crippen molar-refractivity contribution < 1.29 is 4.74 Å². The Morgan fingerprint density at radius 1 is 1.38 bits per heavy atom. The van der Waals surface area contributed by atoms with E-state index in [0.29, 0.717) is 12.0 Å². The molecule has 0 spiro atoms. The first-order valence-corrected chi connectivity index (χ1v) is 8.58. The van der Waals surface area contributed by atoms with Gasteiger partial charge in [0, 0.05) is 24.8 Å². The van der Waals surface area contributed by atoms with Gasteiger partial charge in [-0.25, -0.2) is 4.98 Å². The van der Waals surface area contributed by atoms with Crippen molar-refractivity contribution in [2.75, 3.05) is 27.2 Å². The van der Waals surface area contributed by atoms with E-state index in [4.69, 9.17) is 4.74 Å². The Balaban J connectivity index is 1.69. The monoisotopic (exact) mass is 329 g/mol. The van der Waals surface area contributed by atoms with Crippen molar-refractivity contribution in [3.8, 4) is 5.88 Å². The molecule has 2 atom stereocenters. The first-order valence-electron chi connectivity index (χ1n) is 8.58. The molecule has 0 radical (unpaired) electrons. The molecule has 6 heteroatoms. The largest absolute Gasteiger partial charge is 0.481 e. The van der Waals surface area contributed by atoms with Gasteiger partial charge in [-0.2, -0.15) is 5.10 Å². The minimum atomic E-state index is 0.417. The fourth-order valence-corrected chi connectivity index (χ4v) is 3.43. The van der Waals surface area contributed by atoms with E-state index >= 15 is 0 Å². The van der Waals surface area contributed by atoms with Gasteiger partial charge in [0.25, 0.3) is 0 Å². The van der Waals surface area contributed by atoms with Crippen LogP contribution in [0, 0.1) is 12.8 Å². The number of hydrogen-bond donors (Lipinski definition) is 2. The van der Waals surface area contributed by atoms with E-state index < -0.39 is 0 Å². The van der Waals surface area contributed by atoms with Crippen LogP contribution in [0.4, 0.5) is 0 Å². The molecule has 0 aliphatic carbocycles. The summed E-state index contributed by atoms with van der Waals surface area (Å²) in [5, 5.41) is 11.2. The number of piperidine rings is 1. The quantitative estimate of drug-likeness (QED) is 0.845. The summed E-state index contributed by atoms with van der Waals surface area (Å²) in [7, 11) is 3.62. The van der Waals surface area contributed by atoms with E-state index in [-0.39, 0.29) is 0 Å². The molecule has 1 aliphatic heterocycles. The topological polar surface area (TPSA) is 64.0 Å². The Morgan fingerprint density at radius 3 is 2.96 bits per heavy atom. The molecule has 2 aromatic heterocycles. The predicted octanol–water partition coefficient (Wildman–Crippen LogP) is 1.71. The minimum absolute atomic E-state index is 0.417. The zero-order valence-corrected chi connectivity index (χ0v) is 14.7. The lowest BCUT2D eigenvalue weighted by atomic mass is 9.90. The standard InChI is InChI=1S/C18H27N5O/c1-13-8-21-23(12-13)17-7-14(9-20-11-17)6-15-4-5-16(10-19-2)22-18(15)24-3/h4-5,8,12,14,17,19-20H,6-7,9-11H2,1-3H3/t14?,17-/m0/s1. The molecule has 2 aromatic rings. The molecule has 1 saturated heterocycles. The van der Waals surface area contributed by atoms with E-state index in [1.165, 1.54) is 11.1 Å². The normalized spacial score (nSPS) is 21.0. The Labute approximate surface area is 143 Å². The smallest absolute Gasteiger partial charge is 0.216 e. The second-order valence-electron chi connectivity index (χ2n) is 6.62. The van der Waals surface area contributed by atoms with Crippen molar-refractivity contribution in [1.82, 2.24) is 25.4 Å². The Kier molecular flexibility index (Phi) is 5.48. The van der Waals surface area contributed by atoms with Crippen LogP contribution in [0.25, 0.3) is 0 Å². The van der Waals surface area contributed by atoms with E-state index in [9.17, 15) is 0 Å². The summed E-state index contributed by atoms with van der Waals surface area (Å²) in [6.07, 6.45) is 6.15. The molecular weight excluding hydrogens is 302 g/mol. The third-order valence-corrected chi connectivity index (χ3v) is 4.58. The van der Waals surface area contributed by atoms with Gasteiger partial charge in [-0.3, -0.25) is 4.68 Å². The molecular formula is C18H27N5O. The minimum Gasteiger partial charge on any atom is -0.481 e. The van der Waals surface area contributed by atoms with Crippen molar-refractivity contribution in [3.05, 3.63) is 41.3 Å². The fourth-order valence-electron chi connectivity index (χ4n) is 3.43. The van der Waals surface area contributed by atoms with Crippen LogP contribution in [0.2, 0.25) is 0 Å². The fraction of sp³-hybridized carbons (Fsp3) is 0.556. The lowest BCUT2D eigenvalue weighted by molar-refractivity contribution is 0.267. The zero-order chi connectivity index (χ0) is 16.9. The predicted molar refractivity (Wildman–Crippen MR) is 94.2 cm³/mol. The maximum absolute atomic E-state index is 5.51. The van der Waals surface area contributed by atoms with E-state index in [1.807, 2.05) is 13.2 Å². The van der Waals surface area contributed by atoms with Gasteiger partial charge in [0.2, 0.25) is 5.88 Å². The van der Waals surface area contributed by atoms with Crippen molar-refractivity contribution in [2.45, 2.75) is 32.4 Å². The highest BCUT2D eigenvalue weighted by atomic mass is 16.5. The molecule has 3 heterocycles. The van der Waals surface area contributed by atoms with Gasteiger partial charge < -0.3 is 15.4 Å². The SMILES string of the molecule is CNCc1ccc(CC2CNC[C@@H](n3cc(C)cn3)C2)c(OC)n1. The van der Waals surface area contributed by atoms with Crippen LogP contribution in [0.15, 0.2) is 24.5 Å². The number of ether oxygens (including phenoxy) is 1. The molecule has 130 valence electrons. The molecule has 0 saturated carbocycles. The number of hydrogen-bond acceptors (Lipinski definition) is 5. The molecule has 24 heavy (non-hydrogen) atoms. The molecule has 6 nitrogen and oxygen atoms in total. The molecule has 1 unspecified atom stereocenters. The van der Waals surface area contributed by atoms with Gasteiger partial charge in [-0.15, -0.1) is 0 Å².